The molecular formula is C14H28O6S. The highest BCUT2D eigenvalue weighted by Gasteiger charge is 2.43. The first-order valence-corrected chi connectivity index (χ1v) is 8.28. The van der Waals surface area contributed by atoms with Gasteiger partial charge in [-0.25, -0.2) is 0 Å². The van der Waals surface area contributed by atoms with Crippen molar-refractivity contribution in [2.75, 3.05) is 19.0 Å². The van der Waals surface area contributed by atoms with Gasteiger partial charge in [-0.15, -0.1) is 0 Å². The number of rotatable bonds is 10. The molecule has 0 aromatic heterocycles. The molecule has 5 atom stereocenters. The standard InChI is InChI=1S/C14H28O6S/c15-9-10-11(16)12(17)13(18)14(20-10)19-7-5-3-1-2-4-6-8-21/h10-18,21H,1-9H2/t10-,11-,12+,13+,14+/m1/s1. The highest BCUT2D eigenvalue weighted by molar-refractivity contribution is 7.80. The van der Waals surface area contributed by atoms with Gasteiger partial charge in [0.15, 0.2) is 6.29 Å². The van der Waals surface area contributed by atoms with Crippen LogP contribution in [0.5, 0.6) is 0 Å². The van der Waals surface area contributed by atoms with Crippen molar-refractivity contribution in [1.29, 1.82) is 0 Å². The van der Waals surface area contributed by atoms with E-state index in [0.717, 1.165) is 31.4 Å². The number of hydrogen-bond acceptors (Lipinski definition) is 7. The maximum Gasteiger partial charge on any atom is 0.186 e. The summed E-state index contributed by atoms with van der Waals surface area (Å²) < 4.78 is 10.7. The van der Waals surface area contributed by atoms with Gasteiger partial charge in [-0.05, 0) is 18.6 Å². The molecule has 1 aliphatic heterocycles. The molecule has 0 aliphatic carbocycles. The average molecular weight is 324 g/mol. The van der Waals surface area contributed by atoms with Gasteiger partial charge in [0, 0.05) is 6.61 Å². The van der Waals surface area contributed by atoms with Crippen molar-refractivity contribution < 1.29 is 29.9 Å². The first kappa shape index (κ1) is 19.2. The quantitative estimate of drug-likeness (QED) is 0.288. The second kappa shape index (κ2) is 10.8. The van der Waals surface area contributed by atoms with Crippen LogP contribution in [0.2, 0.25) is 0 Å². The molecule has 21 heavy (non-hydrogen) atoms. The second-order valence-electron chi connectivity index (χ2n) is 5.41. The monoisotopic (exact) mass is 324 g/mol. The molecule has 1 aliphatic rings. The van der Waals surface area contributed by atoms with Crippen LogP contribution in [0.15, 0.2) is 0 Å². The lowest BCUT2D eigenvalue weighted by Crippen LogP contribution is -2.59. The summed E-state index contributed by atoms with van der Waals surface area (Å²) in [6.07, 6.45) is 0.588. The van der Waals surface area contributed by atoms with Gasteiger partial charge < -0.3 is 29.9 Å². The predicted molar refractivity (Wildman–Crippen MR) is 81.3 cm³/mol. The van der Waals surface area contributed by atoms with Crippen molar-refractivity contribution in [3.8, 4) is 0 Å². The average Bonchev–Trinajstić information content (AvgIpc) is 2.49. The van der Waals surface area contributed by atoms with Gasteiger partial charge in [0.05, 0.1) is 6.61 Å². The molecule has 0 aromatic rings. The maximum absolute atomic E-state index is 9.77. The van der Waals surface area contributed by atoms with E-state index < -0.39 is 37.3 Å². The zero-order valence-corrected chi connectivity index (χ0v) is 13.2. The van der Waals surface area contributed by atoms with Crippen LogP contribution in [0.3, 0.4) is 0 Å². The molecule has 1 saturated heterocycles. The zero-order chi connectivity index (χ0) is 15.7. The Morgan fingerprint density at radius 3 is 2.10 bits per heavy atom. The number of thiol groups is 1. The van der Waals surface area contributed by atoms with Gasteiger partial charge in [-0.2, -0.15) is 12.6 Å². The SMILES string of the molecule is OC[C@H]1O[C@H](OCCCCCCCCS)[C@@H](O)[C@@H](O)[C@@H]1O. The Morgan fingerprint density at radius 1 is 0.857 bits per heavy atom. The van der Waals surface area contributed by atoms with Crippen molar-refractivity contribution in [2.45, 2.75) is 69.2 Å². The lowest BCUT2D eigenvalue weighted by Gasteiger charge is -2.39. The van der Waals surface area contributed by atoms with Crippen molar-refractivity contribution in [3.05, 3.63) is 0 Å². The van der Waals surface area contributed by atoms with Gasteiger partial charge in [-0.1, -0.05) is 25.7 Å². The summed E-state index contributed by atoms with van der Waals surface area (Å²) in [5, 5.41) is 38.1. The summed E-state index contributed by atoms with van der Waals surface area (Å²) in [5.74, 6) is 0.931. The summed E-state index contributed by atoms with van der Waals surface area (Å²) >= 11 is 4.16. The first-order valence-electron chi connectivity index (χ1n) is 7.64. The van der Waals surface area contributed by atoms with E-state index in [2.05, 4.69) is 12.6 Å². The molecule has 7 heteroatoms. The second-order valence-corrected chi connectivity index (χ2v) is 5.86. The zero-order valence-electron chi connectivity index (χ0n) is 12.3. The number of aliphatic hydroxyl groups excluding tert-OH is 4. The largest absolute Gasteiger partial charge is 0.394 e. The Kier molecular flexibility index (Phi) is 9.83. The van der Waals surface area contributed by atoms with Gasteiger partial charge in [0.2, 0.25) is 0 Å². The Hall–Kier alpha value is 0.110. The van der Waals surface area contributed by atoms with Crippen molar-refractivity contribution >= 4 is 12.6 Å². The van der Waals surface area contributed by atoms with Crippen LogP contribution in [0.4, 0.5) is 0 Å². The van der Waals surface area contributed by atoms with Gasteiger partial charge in [0.25, 0.3) is 0 Å². The molecule has 0 spiro atoms. The van der Waals surface area contributed by atoms with Crippen molar-refractivity contribution in [1.82, 2.24) is 0 Å². The van der Waals surface area contributed by atoms with E-state index in [0.29, 0.717) is 6.61 Å². The lowest BCUT2D eigenvalue weighted by atomic mass is 9.99. The predicted octanol–water partition coefficient (Wildman–Crippen LogP) is 0.0733. The van der Waals surface area contributed by atoms with Gasteiger partial charge >= 0.3 is 0 Å². The molecule has 1 fully saturated rings. The van der Waals surface area contributed by atoms with Gasteiger partial charge in [-0.3, -0.25) is 0 Å². The fraction of sp³-hybridized carbons (Fsp3) is 1.00. The van der Waals surface area contributed by atoms with E-state index in [-0.39, 0.29) is 0 Å². The minimum absolute atomic E-state index is 0.412. The fourth-order valence-corrected chi connectivity index (χ4v) is 2.55. The normalized spacial score (nSPS) is 33.3. The molecule has 0 saturated carbocycles. The molecule has 1 rings (SSSR count). The number of hydrogen-bond donors (Lipinski definition) is 5. The third-order valence-electron chi connectivity index (χ3n) is 3.68. The molecular weight excluding hydrogens is 296 g/mol. The third-order valence-corrected chi connectivity index (χ3v) is 4.00. The Morgan fingerprint density at radius 2 is 1.48 bits per heavy atom. The van der Waals surface area contributed by atoms with E-state index in [1.54, 1.807) is 0 Å². The van der Waals surface area contributed by atoms with Crippen LogP contribution in [-0.4, -0.2) is 70.1 Å². The number of aliphatic hydroxyl groups is 4. The minimum Gasteiger partial charge on any atom is -0.394 e. The van der Waals surface area contributed by atoms with Crippen LogP contribution in [0.25, 0.3) is 0 Å². The van der Waals surface area contributed by atoms with Crippen LogP contribution in [0.1, 0.15) is 38.5 Å². The molecule has 4 N–H and O–H groups in total. The minimum atomic E-state index is -1.37. The van der Waals surface area contributed by atoms with E-state index >= 15 is 0 Å². The van der Waals surface area contributed by atoms with E-state index in [4.69, 9.17) is 14.6 Å². The van der Waals surface area contributed by atoms with E-state index in [9.17, 15) is 15.3 Å². The first-order chi connectivity index (χ1) is 10.1. The Bertz CT molecular complexity index is 266. The van der Waals surface area contributed by atoms with Crippen LogP contribution in [-0.2, 0) is 9.47 Å². The molecule has 0 bridgehead atoms. The third kappa shape index (κ3) is 6.40. The summed E-state index contributed by atoms with van der Waals surface area (Å²) in [7, 11) is 0. The van der Waals surface area contributed by atoms with E-state index in [1.165, 1.54) is 12.8 Å². The summed E-state index contributed by atoms with van der Waals surface area (Å²) in [6.45, 7) is -0.0226. The Labute approximate surface area is 131 Å². The van der Waals surface area contributed by atoms with Crippen LogP contribution in [0, 0.1) is 0 Å². The lowest BCUT2D eigenvalue weighted by molar-refractivity contribution is -0.301. The highest BCUT2D eigenvalue weighted by atomic mass is 32.1. The molecule has 0 aromatic carbocycles. The summed E-state index contributed by atoms with van der Waals surface area (Å²) in [5.41, 5.74) is 0. The number of unbranched alkanes of at least 4 members (excludes halogenated alkanes) is 5. The van der Waals surface area contributed by atoms with Crippen LogP contribution < -0.4 is 0 Å². The molecule has 0 unspecified atom stereocenters. The van der Waals surface area contributed by atoms with Gasteiger partial charge in [0.1, 0.15) is 24.4 Å². The molecule has 126 valence electrons. The van der Waals surface area contributed by atoms with Crippen LogP contribution >= 0.6 is 12.6 Å². The highest BCUT2D eigenvalue weighted by Crippen LogP contribution is 2.22. The Balaban J connectivity index is 2.16. The fourth-order valence-electron chi connectivity index (χ4n) is 2.33. The maximum atomic E-state index is 9.77. The molecule has 0 radical (unpaired) electrons. The van der Waals surface area contributed by atoms with E-state index in [1.807, 2.05) is 0 Å². The number of ether oxygens (including phenoxy) is 2. The molecule has 6 nitrogen and oxygen atoms in total. The molecule has 0 amide bonds. The summed E-state index contributed by atoms with van der Waals surface area (Å²) in [6, 6.07) is 0. The molecule has 1 heterocycles. The topological polar surface area (TPSA) is 99.4 Å². The smallest absolute Gasteiger partial charge is 0.186 e. The van der Waals surface area contributed by atoms with Crippen molar-refractivity contribution in [3.63, 3.8) is 0 Å². The summed E-state index contributed by atoms with van der Waals surface area (Å²) in [4.78, 5) is 0. The van der Waals surface area contributed by atoms with Crippen molar-refractivity contribution in [2.24, 2.45) is 0 Å².